The SMILES string of the molecule is CCC(CC(=O)NC(CN)CC(C)C)c1ccc(C)cc1. The lowest BCUT2D eigenvalue weighted by Gasteiger charge is -2.21. The molecule has 0 fully saturated rings. The summed E-state index contributed by atoms with van der Waals surface area (Å²) < 4.78 is 0. The van der Waals surface area contributed by atoms with Gasteiger partial charge in [-0.15, -0.1) is 0 Å². The lowest BCUT2D eigenvalue weighted by Crippen LogP contribution is -2.41. The third-order valence-electron chi connectivity index (χ3n) is 3.88. The fourth-order valence-electron chi connectivity index (χ4n) is 2.63. The van der Waals surface area contributed by atoms with Crippen LogP contribution in [-0.4, -0.2) is 18.5 Å². The Kier molecular flexibility index (Phi) is 7.44. The maximum Gasteiger partial charge on any atom is 0.220 e. The number of hydrogen-bond acceptors (Lipinski definition) is 2. The van der Waals surface area contributed by atoms with Crippen LogP contribution in [0.15, 0.2) is 24.3 Å². The van der Waals surface area contributed by atoms with Crippen LogP contribution in [0.5, 0.6) is 0 Å². The van der Waals surface area contributed by atoms with Crippen LogP contribution in [0, 0.1) is 12.8 Å². The second kappa shape index (κ2) is 8.83. The zero-order valence-corrected chi connectivity index (χ0v) is 13.9. The summed E-state index contributed by atoms with van der Waals surface area (Å²) >= 11 is 0. The van der Waals surface area contributed by atoms with Crippen molar-refractivity contribution in [2.24, 2.45) is 11.7 Å². The fraction of sp³-hybridized carbons (Fsp3) is 0.611. The number of carbonyl (C=O) groups is 1. The molecule has 0 aromatic heterocycles. The van der Waals surface area contributed by atoms with Crippen molar-refractivity contribution in [1.29, 1.82) is 0 Å². The first kappa shape index (κ1) is 17.7. The summed E-state index contributed by atoms with van der Waals surface area (Å²) in [4.78, 5) is 12.2. The first-order chi connectivity index (χ1) is 9.96. The molecule has 1 aromatic rings. The Morgan fingerprint density at radius 1 is 1.24 bits per heavy atom. The molecule has 118 valence electrons. The Morgan fingerprint density at radius 2 is 1.86 bits per heavy atom. The summed E-state index contributed by atoms with van der Waals surface area (Å²) in [6.07, 6.45) is 2.44. The van der Waals surface area contributed by atoms with Crippen LogP contribution in [-0.2, 0) is 4.79 Å². The Balaban J connectivity index is 2.60. The summed E-state index contributed by atoms with van der Waals surface area (Å²) in [5.41, 5.74) is 8.24. The predicted molar refractivity (Wildman–Crippen MR) is 89.3 cm³/mol. The van der Waals surface area contributed by atoms with Crippen LogP contribution in [0.25, 0.3) is 0 Å². The molecule has 3 nitrogen and oxygen atoms in total. The molecule has 1 aromatic carbocycles. The molecular weight excluding hydrogens is 260 g/mol. The Hall–Kier alpha value is -1.35. The zero-order chi connectivity index (χ0) is 15.8. The first-order valence-corrected chi connectivity index (χ1v) is 8.02. The van der Waals surface area contributed by atoms with Gasteiger partial charge in [0.15, 0.2) is 0 Å². The molecule has 3 N–H and O–H groups in total. The summed E-state index contributed by atoms with van der Waals surface area (Å²) in [6.45, 7) is 9.01. The molecule has 0 spiro atoms. The summed E-state index contributed by atoms with van der Waals surface area (Å²) in [6, 6.07) is 8.57. The minimum absolute atomic E-state index is 0.0908. The standard InChI is InChI=1S/C18H30N2O/c1-5-15(16-8-6-14(4)7-9-16)11-18(21)20-17(12-19)10-13(2)3/h6-9,13,15,17H,5,10-12,19H2,1-4H3,(H,20,21). The molecule has 0 bridgehead atoms. The highest BCUT2D eigenvalue weighted by atomic mass is 16.1. The van der Waals surface area contributed by atoms with Crippen LogP contribution in [0.2, 0.25) is 0 Å². The first-order valence-electron chi connectivity index (χ1n) is 8.02. The van der Waals surface area contributed by atoms with Crippen molar-refractivity contribution >= 4 is 5.91 Å². The molecule has 21 heavy (non-hydrogen) atoms. The molecule has 0 aliphatic heterocycles. The van der Waals surface area contributed by atoms with Crippen molar-refractivity contribution in [3.8, 4) is 0 Å². The number of benzene rings is 1. The fourth-order valence-corrected chi connectivity index (χ4v) is 2.63. The normalized spacial score (nSPS) is 14.0. The molecule has 1 amide bonds. The van der Waals surface area contributed by atoms with Crippen LogP contribution in [0.3, 0.4) is 0 Å². The van der Waals surface area contributed by atoms with E-state index in [4.69, 9.17) is 5.73 Å². The van der Waals surface area contributed by atoms with E-state index in [-0.39, 0.29) is 17.9 Å². The highest BCUT2D eigenvalue weighted by molar-refractivity contribution is 5.77. The monoisotopic (exact) mass is 290 g/mol. The summed E-state index contributed by atoms with van der Waals surface area (Å²) in [5, 5.41) is 3.08. The van der Waals surface area contributed by atoms with Gasteiger partial charge in [0.1, 0.15) is 0 Å². The molecule has 0 aliphatic rings. The maximum absolute atomic E-state index is 12.2. The average molecular weight is 290 g/mol. The molecule has 0 saturated carbocycles. The predicted octanol–water partition coefficient (Wildman–Crippen LogP) is 3.37. The molecule has 1 rings (SSSR count). The molecule has 2 unspecified atom stereocenters. The molecular formula is C18H30N2O. The zero-order valence-electron chi connectivity index (χ0n) is 13.9. The quantitative estimate of drug-likeness (QED) is 0.771. The van der Waals surface area contributed by atoms with Gasteiger partial charge in [-0.25, -0.2) is 0 Å². The van der Waals surface area contributed by atoms with Gasteiger partial charge in [0.05, 0.1) is 0 Å². The molecule has 0 aliphatic carbocycles. The smallest absolute Gasteiger partial charge is 0.220 e. The number of aryl methyl sites for hydroxylation is 1. The van der Waals surface area contributed by atoms with Crippen molar-refractivity contribution in [3.63, 3.8) is 0 Å². The van der Waals surface area contributed by atoms with E-state index in [2.05, 4.69) is 57.3 Å². The number of nitrogens with two attached hydrogens (primary N) is 1. The second-order valence-corrected chi connectivity index (χ2v) is 6.35. The molecule has 0 heterocycles. The number of amides is 1. The molecule has 2 atom stereocenters. The largest absolute Gasteiger partial charge is 0.352 e. The van der Waals surface area contributed by atoms with Crippen LogP contribution in [0.4, 0.5) is 0 Å². The van der Waals surface area contributed by atoms with Crippen molar-refractivity contribution in [1.82, 2.24) is 5.32 Å². The maximum atomic E-state index is 12.2. The van der Waals surface area contributed by atoms with Crippen LogP contribution >= 0.6 is 0 Å². The highest BCUT2D eigenvalue weighted by Gasteiger charge is 2.17. The third-order valence-corrected chi connectivity index (χ3v) is 3.88. The van der Waals surface area contributed by atoms with E-state index in [1.54, 1.807) is 0 Å². The summed E-state index contributed by atoms with van der Waals surface area (Å²) in [7, 11) is 0. The third kappa shape index (κ3) is 6.30. The number of hydrogen-bond donors (Lipinski definition) is 2. The second-order valence-electron chi connectivity index (χ2n) is 6.35. The summed E-state index contributed by atoms with van der Waals surface area (Å²) in [5.74, 6) is 0.930. The van der Waals surface area contributed by atoms with Gasteiger partial charge in [-0.2, -0.15) is 0 Å². The van der Waals surface area contributed by atoms with E-state index < -0.39 is 0 Å². The molecule has 0 radical (unpaired) electrons. The highest BCUT2D eigenvalue weighted by Crippen LogP contribution is 2.23. The van der Waals surface area contributed by atoms with E-state index in [1.807, 2.05) is 0 Å². The van der Waals surface area contributed by atoms with Gasteiger partial charge in [-0.3, -0.25) is 4.79 Å². The minimum Gasteiger partial charge on any atom is -0.352 e. The van der Waals surface area contributed by atoms with Gasteiger partial charge in [-0.1, -0.05) is 50.6 Å². The van der Waals surface area contributed by atoms with E-state index in [9.17, 15) is 4.79 Å². The van der Waals surface area contributed by atoms with E-state index in [0.717, 1.165) is 12.8 Å². The van der Waals surface area contributed by atoms with Gasteiger partial charge < -0.3 is 11.1 Å². The lowest BCUT2D eigenvalue weighted by molar-refractivity contribution is -0.122. The van der Waals surface area contributed by atoms with Crippen molar-refractivity contribution in [2.45, 2.75) is 58.9 Å². The molecule has 0 saturated heterocycles. The van der Waals surface area contributed by atoms with Crippen LogP contribution in [0.1, 0.15) is 57.1 Å². The van der Waals surface area contributed by atoms with E-state index in [1.165, 1.54) is 11.1 Å². The van der Waals surface area contributed by atoms with Gasteiger partial charge in [0.2, 0.25) is 5.91 Å². The topological polar surface area (TPSA) is 55.1 Å². The van der Waals surface area contributed by atoms with Crippen molar-refractivity contribution < 1.29 is 4.79 Å². The Labute approximate surface area is 129 Å². The lowest BCUT2D eigenvalue weighted by atomic mass is 9.92. The van der Waals surface area contributed by atoms with Gasteiger partial charge in [0, 0.05) is 19.0 Å². The minimum atomic E-state index is 0.0908. The van der Waals surface area contributed by atoms with Gasteiger partial charge in [0.25, 0.3) is 0 Å². The Bertz CT molecular complexity index is 425. The Morgan fingerprint density at radius 3 is 2.33 bits per heavy atom. The van der Waals surface area contributed by atoms with Gasteiger partial charge in [-0.05, 0) is 37.2 Å². The van der Waals surface area contributed by atoms with Crippen LogP contribution < -0.4 is 11.1 Å². The number of nitrogens with one attached hydrogen (secondary N) is 1. The van der Waals surface area contributed by atoms with E-state index in [0.29, 0.717) is 18.9 Å². The number of rotatable bonds is 8. The van der Waals surface area contributed by atoms with Gasteiger partial charge >= 0.3 is 0 Å². The molecule has 3 heteroatoms. The van der Waals surface area contributed by atoms with Crippen molar-refractivity contribution in [2.75, 3.05) is 6.54 Å². The average Bonchev–Trinajstić information content (AvgIpc) is 2.44. The van der Waals surface area contributed by atoms with Crippen molar-refractivity contribution in [3.05, 3.63) is 35.4 Å². The van der Waals surface area contributed by atoms with E-state index >= 15 is 0 Å². The number of carbonyl (C=O) groups excluding carboxylic acids is 1.